The molecule has 1 atom stereocenters. The lowest BCUT2D eigenvalue weighted by molar-refractivity contribution is -0.120. The van der Waals surface area contributed by atoms with Gasteiger partial charge in [0.15, 0.2) is 0 Å². The van der Waals surface area contributed by atoms with E-state index in [1.807, 2.05) is 0 Å². The highest BCUT2D eigenvalue weighted by Gasteiger charge is 2.14. The molecular formula is C13H19FN2OS. The van der Waals surface area contributed by atoms with Gasteiger partial charge in [-0.3, -0.25) is 4.79 Å². The molecule has 18 heavy (non-hydrogen) atoms. The van der Waals surface area contributed by atoms with Crippen molar-refractivity contribution in [1.29, 1.82) is 0 Å². The predicted octanol–water partition coefficient (Wildman–Crippen LogP) is 2.80. The van der Waals surface area contributed by atoms with Crippen LogP contribution in [0.2, 0.25) is 0 Å². The molecule has 1 aromatic rings. The Hall–Kier alpha value is -1.23. The van der Waals surface area contributed by atoms with E-state index >= 15 is 0 Å². The SMILES string of the molecule is CCCCNC(=O)C(C)Sc1ccc(N)c(F)c1. The molecule has 100 valence electrons. The number of nitrogens with one attached hydrogen (secondary N) is 1. The number of halogens is 1. The van der Waals surface area contributed by atoms with Crippen LogP contribution in [0.25, 0.3) is 0 Å². The summed E-state index contributed by atoms with van der Waals surface area (Å²) in [7, 11) is 0. The monoisotopic (exact) mass is 270 g/mol. The summed E-state index contributed by atoms with van der Waals surface area (Å²) in [6.07, 6.45) is 2.02. The smallest absolute Gasteiger partial charge is 0.233 e. The highest BCUT2D eigenvalue weighted by atomic mass is 32.2. The molecule has 0 aliphatic heterocycles. The number of hydrogen-bond donors (Lipinski definition) is 2. The molecule has 0 fully saturated rings. The molecule has 1 aromatic carbocycles. The Bertz CT molecular complexity index is 412. The molecule has 1 amide bonds. The fourth-order valence-electron chi connectivity index (χ4n) is 1.37. The van der Waals surface area contributed by atoms with Crippen molar-refractivity contribution in [2.24, 2.45) is 0 Å². The zero-order valence-corrected chi connectivity index (χ0v) is 11.5. The van der Waals surface area contributed by atoms with E-state index in [-0.39, 0.29) is 16.8 Å². The van der Waals surface area contributed by atoms with Crippen LogP contribution < -0.4 is 11.1 Å². The van der Waals surface area contributed by atoms with E-state index in [9.17, 15) is 9.18 Å². The van der Waals surface area contributed by atoms with Crippen molar-refractivity contribution in [3.63, 3.8) is 0 Å². The number of carbonyl (C=O) groups is 1. The fraction of sp³-hybridized carbons (Fsp3) is 0.462. The highest BCUT2D eigenvalue weighted by molar-refractivity contribution is 8.00. The minimum absolute atomic E-state index is 0.0225. The number of thioether (sulfide) groups is 1. The molecule has 3 nitrogen and oxygen atoms in total. The number of benzene rings is 1. The summed E-state index contributed by atoms with van der Waals surface area (Å²) < 4.78 is 13.2. The van der Waals surface area contributed by atoms with Crippen LogP contribution in [0.1, 0.15) is 26.7 Å². The Morgan fingerprint density at radius 3 is 2.89 bits per heavy atom. The first-order valence-corrected chi connectivity index (χ1v) is 6.92. The van der Waals surface area contributed by atoms with Crippen LogP contribution in [0.3, 0.4) is 0 Å². The van der Waals surface area contributed by atoms with Crippen LogP contribution >= 0.6 is 11.8 Å². The number of hydrogen-bond acceptors (Lipinski definition) is 3. The van der Waals surface area contributed by atoms with Gasteiger partial charge in [-0.05, 0) is 31.5 Å². The zero-order valence-electron chi connectivity index (χ0n) is 10.7. The lowest BCUT2D eigenvalue weighted by atomic mass is 10.3. The van der Waals surface area contributed by atoms with Gasteiger partial charge in [0, 0.05) is 11.4 Å². The Morgan fingerprint density at radius 2 is 2.28 bits per heavy atom. The largest absolute Gasteiger partial charge is 0.396 e. The average Bonchev–Trinajstić information content (AvgIpc) is 2.34. The van der Waals surface area contributed by atoms with Gasteiger partial charge in [0.05, 0.1) is 10.9 Å². The second-order valence-electron chi connectivity index (χ2n) is 4.09. The van der Waals surface area contributed by atoms with Crippen LogP contribution in [0.4, 0.5) is 10.1 Å². The second kappa shape index (κ2) is 7.26. The fourth-order valence-corrected chi connectivity index (χ4v) is 2.29. The molecule has 0 aromatic heterocycles. The Kier molecular flexibility index (Phi) is 5.98. The van der Waals surface area contributed by atoms with Crippen molar-refractivity contribution in [3.8, 4) is 0 Å². The normalized spacial score (nSPS) is 12.2. The molecule has 3 N–H and O–H groups in total. The molecule has 1 rings (SSSR count). The van der Waals surface area contributed by atoms with Crippen molar-refractivity contribution in [1.82, 2.24) is 5.32 Å². The maximum absolute atomic E-state index is 13.2. The van der Waals surface area contributed by atoms with Crippen molar-refractivity contribution in [2.75, 3.05) is 12.3 Å². The minimum atomic E-state index is -0.446. The van der Waals surface area contributed by atoms with Gasteiger partial charge in [-0.2, -0.15) is 0 Å². The number of unbranched alkanes of at least 4 members (excludes halogenated alkanes) is 1. The van der Waals surface area contributed by atoms with Gasteiger partial charge in [-0.25, -0.2) is 4.39 Å². The molecule has 1 unspecified atom stereocenters. The summed E-state index contributed by atoms with van der Waals surface area (Å²) in [5.41, 5.74) is 5.52. The Balaban J connectivity index is 2.50. The van der Waals surface area contributed by atoms with E-state index in [1.165, 1.54) is 23.9 Å². The van der Waals surface area contributed by atoms with Crippen LogP contribution in [0.5, 0.6) is 0 Å². The minimum Gasteiger partial charge on any atom is -0.396 e. The lowest BCUT2D eigenvalue weighted by Crippen LogP contribution is -2.31. The van der Waals surface area contributed by atoms with Gasteiger partial charge in [0.2, 0.25) is 5.91 Å². The average molecular weight is 270 g/mol. The molecule has 0 aliphatic rings. The van der Waals surface area contributed by atoms with E-state index < -0.39 is 5.82 Å². The first-order chi connectivity index (χ1) is 8.54. The summed E-state index contributed by atoms with van der Waals surface area (Å²) in [4.78, 5) is 12.4. The number of nitrogen functional groups attached to an aromatic ring is 1. The molecule has 0 radical (unpaired) electrons. The van der Waals surface area contributed by atoms with Crippen LogP contribution in [-0.2, 0) is 4.79 Å². The van der Waals surface area contributed by atoms with Gasteiger partial charge < -0.3 is 11.1 Å². The first-order valence-electron chi connectivity index (χ1n) is 6.04. The molecule has 0 bridgehead atoms. The summed E-state index contributed by atoms with van der Waals surface area (Å²) in [5, 5.41) is 2.61. The third-order valence-electron chi connectivity index (χ3n) is 2.48. The third kappa shape index (κ3) is 4.56. The van der Waals surface area contributed by atoms with Crippen LogP contribution in [-0.4, -0.2) is 17.7 Å². The molecule has 0 spiro atoms. The molecule has 0 saturated heterocycles. The summed E-state index contributed by atoms with van der Waals surface area (Å²) >= 11 is 1.32. The third-order valence-corrected chi connectivity index (χ3v) is 3.58. The van der Waals surface area contributed by atoms with Gasteiger partial charge in [-0.15, -0.1) is 11.8 Å². The van der Waals surface area contributed by atoms with Crippen molar-refractivity contribution < 1.29 is 9.18 Å². The summed E-state index contributed by atoms with van der Waals surface area (Å²) in [6.45, 7) is 4.57. The second-order valence-corrected chi connectivity index (χ2v) is 5.50. The highest BCUT2D eigenvalue weighted by Crippen LogP contribution is 2.25. The van der Waals surface area contributed by atoms with Gasteiger partial charge in [0.1, 0.15) is 5.82 Å². The number of rotatable bonds is 6. The van der Waals surface area contributed by atoms with Crippen molar-refractivity contribution in [2.45, 2.75) is 36.8 Å². The quantitative estimate of drug-likeness (QED) is 0.475. The molecule has 5 heteroatoms. The van der Waals surface area contributed by atoms with E-state index in [0.29, 0.717) is 11.4 Å². The van der Waals surface area contributed by atoms with Crippen molar-refractivity contribution in [3.05, 3.63) is 24.0 Å². The van der Waals surface area contributed by atoms with Gasteiger partial charge in [0.25, 0.3) is 0 Å². The first kappa shape index (κ1) is 14.8. The molecule has 0 aliphatic carbocycles. The number of carbonyl (C=O) groups excluding carboxylic acids is 1. The van der Waals surface area contributed by atoms with E-state index in [2.05, 4.69) is 12.2 Å². The standard InChI is InChI=1S/C13H19FN2OS/c1-3-4-7-16-13(17)9(2)18-10-5-6-12(15)11(14)8-10/h5-6,8-9H,3-4,7,15H2,1-2H3,(H,16,17). The Labute approximate surface area is 111 Å². The Morgan fingerprint density at radius 1 is 1.56 bits per heavy atom. The van der Waals surface area contributed by atoms with E-state index in [0.717, 1.165) is 12.8 Å². The van der Waals surface area contributed by atoms with Crippen molar-refractivity contribution >= 4 is 23.4 Å². The maximum Gasteiger partial charge on any atom is 0.233 e. The molecule has 0 saturated carbocycles. The van der Waals surface area contributed by atoms with Gasteiger partial charge in [-0.1, -0.05) is 13.3 Å². The lowest BCUT2D eigenvalue weighted by Gasteiger charge is -2.12. The number of anilines is 1. The number of amides is 1. The zero-order chi connectivity index (χ0) is 13.5. The summed E-state index contributed by atoms with van der Waals surface area (Å²) in [6, 6.07) is 4.59. The number of nitrogens with two attached hydrogens (primary N) is 1. The predicted molar refractivity (Wildman–Crippen MR) is 74.0 cm³/mol. The van der Waals surface area contributed by atoms with E-state index in [1.54, 1.807) is 13.0 Å². The van der Waals surface area contributed by atoms with Gasteiger partial charge >= 0.3 is 0 Å². The topological polar surface area (TPSA) is 55.1 Å². The molecular weight excluding hydrogens is 251 g/mol. The van der Waals surface area contributed by atoms with E-state index in [4.69, 9.17) is 5.73 Å². The molecule has 0 heterocycles. The van der Waals surface area contributed by atoms with Crippen LogP contribution in [0, 0.1) is 5.82 Å². The maximum atomic E-state index is 13.2. The van der Waals surface area contributed by atoms with Crippen LogP contribution in [0.15, 0.2) is 23.1 Å². The summed E-state index contributed by atoms with van der Waals surface area (Å²) in [5.74, 6) is -0.468.